The SMILES string of the molecule is Cc1cc(CSc2nnnn2Cc2ccccc2)no1. The van der Waals surface area contributed by atoms with Crippen molar-refractivity contribution in [1.29, 1.82) is 0 Å². The van der Waals surface area contributed by atoms with Gasteiger partial charge in [-0.3, -0.25) is 0 Å². The summed E-state index contributed by atoms with van der Waals surface area (Å²) >= 11 is 1.54. The summed E-state index contributed by atoms with van der Waals surface area (Å²) < 4.78 is 6.82. The molecule has 1 aromatic carbocycles. The van der Waals surface area contributed by atoms with Gasteiger partial charge in [-0.2, -0.15) is 0 Å². The number of hydrogen-bond donors (Lipinski definition) is 0. The molecule has 6 nitrogen and oxygen atoms in total. The monoisotopic (exact) mass is 287 g/mol. The molecule has 0 unspecified atom stereocenters. The second kappa shape index (κ2) is 5.87. The summed E-state index contributed by atoms with van der Waals surface area (Å²) in [6, 6.07) is 12.0. The molecule has 0 N–H and O–H groups in total. The third-order valence-corrected chi connectivity index (χ3v) is 3.69. The lowest BCUT2D eigenvalue weighted by Crippen LogP contribution is -2.03. The molecule has 0 saturated heterocycles. The molecule has 0 aliphatic rings. The Bertz CT molecular complexity index is 679. The molecule has 0 fully saturated rings. The van der Waals surface area contributed by atoms with Crippen molar-refractivity contribution in [2.24, 2.45) is 0 Å². The zero-order valence-electron chi connectivity index (χ0n) is 10.9. The van der Waals surface area contributed by atoms with E-state index in [0.717, 1.165) is 16.6 Å². The van der Waals surface area contributed by atoms with Crippen LogP contribution in [0.4, 0.5) is 0 Å². The standard InChI is InChI=1S/C13H13N5OS/c1-10-7-12(15-19-10)9-20-13-14-16-17-18(13)8-11-5-3-2-4-6-11/h2-7H,8-9H2,1H3. The van der Waals surface area contributed by atoms with Crippen molar-refractivity contribution in [3.8, 4) is 0 Å². The van der Waals surface area contributed by atoms with Crippen LogP contribution in [0.3, 0.4) is 0 Å². The maximum Gasteiger partial charge on any atom is 0.210 e. The Balaban J connectivity index is 1.67. The molecule has 0 saturated carbocycles. The van der Waals surface area contributed by atoms with E-state index in [-0.39, 0.29) is 0 Å². The van der Waals surface area contributed by atoms with Crippen LogP contribution in [-0.4, -0.2) is 25.4 Å². The molecule has 20 heavy (non-hydrogen) atoms. The van der Waals surface area contributed by atoms with Crippen LogP contribution in [0, 0.1) is 6.92 Å². The normalized spacial score (nSPS) is 10.8. The Morgan fingerprint density at radius 2 is 2.10 bits per heavy atom. The predicted octanol–water partition coefficient (Wildman–Crippen LogP) is 2.31. The molecule has 7 heteroatoms. The molecule has 0 atom stereocenters. The number of aromatic nitrogens is 5. The van der Waals surface area contributed by atoms with Gasteiger partial charge in [0.2, 0.25) is 5.16 Å². The molecule has 0 amide bonds. The van der Waals surface area contributed by atoms with Crippen LogP contribution in [0.2, 0.25) is 0 Å². The van der Waals surface area contributed by atoms with Crippen LogP contribution in [-0.2, 0) is 12.3 Å². The predicted molar refractivity (Wildman–Crippen MR) is 74.2 cm³/mol. The Kier molecular flexibility index (Phi) is 3.78. The van der Waals surface area contributed by atoms with Gasteiger partial charge in [-0.15, -0.1) is 5.10 Å². The van der Waals surface area contributed by atoms with Crippen LogP contribution < -0.4 is 0 Å². The van der Waals surface area contributed by atoms with Crippen LogP contribution in [0.25, 0.3) is 0 Å². The molecule has 0 aliphatic heterocycles. The van der Waals surface area contributed by atoms with Gasteiger partial charge in [0, 0.05) is 11.8 Å². The molecule has 0 aliphatic carbocycles. The highest BCUT2D eigenvalue weighted by Gasteiger charge is 2.09. The lowest BCUT2D eigenvalue weighted by Gasteiger charge is -2.03. The van der Waals surface area contributed by atoms with E-state index in [1.807, 2.05) is 31.2 Å². The average molecular weight is 287 g/mol. The fourth-order valence-electron chi connectivity index (χ4n) is 1.78. The molecule has 3 aromatic rings. The van der Waals surface area contributed by atoms with Gasteiger partial charge >= 0.3 is 0 Å². The average Bonchev–Trinajstić information content (AvgIpc) is 3.07. The Morgan fingerprint density at radius 3 is 2.85 bits per heavy atom. The molecule has 102 valence electrons. The van der Waals surface area contributed by atoms with Crippen LogP contribution in [0.1, 0.15) is 17.0 Å². The third kappa shape index (κ3) is 3.05. The lowest BCUT2D eigenvalue weighted by molar-refractivity contribution is 0.393. The number of aryl methyl sites for hydroxylation is 1. The van der Waals surface area contributed by atoms with E-state index in [9.17, 15) is 0 Å². The van der Waals surface area contributed by atoms with Crippen molar-refractivity contribution in [2.75, 3.05) is 0 Å². The molecule has 3 rings (SSSR count). The summed E-state index contributed by atoms with van der Waals surface area (Å²) in [7, 11) is 0. The highest BCUT2D eigenvalue weighted by Crippen LogP contribution is 2.20. The zero-order chi connectivity index (χ0) is 13.8. The maximum absolute atomic E-state index is 5.04. The van der Waals surface area contributed by atoms with Crippen molar-refractivity contribution < 1.29 is 4.52 Å². The number of thioether (sulfide) groups is 1. The van der Waals surface area contributed by atoms with Gasteiger partial charge in [0.1, 0.15) is 5.76 Å². The summed E-state index contributed by atoms with van der Waals surface area (Å²) in [6.45, 7) is 2.54. The van der Waals surface area contributed by atoms with Gasteiger partial charge < -0.3 is 4.52 Å². The quantitative estimate of drug-likeness (QED) is 0.671. The van der Waals surface area contributed by atoms with Crippen molar-refractivity contribution in [3.05, 3.63) is 53.4 Å². The van der Waals surface area contributed by atoms with Crippen LogP contribution >= 0.6 is 11.8 Å². The van der Waals surface area contributed by atoms with Gasteiger partial charge in [-0.1, -0.05) is 47.3 Å². The molecule has 0 spiro atoms. The van der Waals surface area contributed by atoms with E-state index in [0.29, 0.717) is 12.3 Å². The summed E-state index contributed by atoms with van der Waals surface area (Å²) in [6.07, 6.45) is 0. The number of tetrazole rings is 1. The van der Waals surface area contributed by atoms with Crippen molar-refractivity contribution in [2.45, 2.75) is 24.4 Å². The number of benzene rings is 1. The molecular formula is C13H13N5OS. The first-order valence-electron chi connectivity index (χ1n) is 6.16. The minimum absolute atomic E-state index is 0.661. The lowest BCUT2D eigenvalue weighted by atomic mass is 10.2. The summed E-state index contributed by atoms with van der Waals surface area (Å²) in [5.74, 6) is 1.50. The van der Waals surface area contributed by atoms with Crippen molar-refractivity contribution in [3.63, 3.8) is 0 Å². The summed E-state index contributed by atoms with van der Waals surface area (Å²) in [5.41, 5.74) is 2.06. The van der Waals surface area contributed by atoms with Gasteiger partial charge in [-0.25, -0.2) is 4.68 Å². The molecule has 2 heterocycles. The Hall–Kier alpha value is -2.15. The van der Waals surface area contributed by atoms with E-state index in [1.54, 1.807) is 16.4 Å². The zero-order valence-corrected chi connectivity index (χ0v) is 11.7. The van der Waals surface area contributed by atoms with Crippen LogP contribution in [0.15, 0.2) is 46.1 Å². The Morgan fingerprint density at radius 1 is 1.25 bits per heavy atom. The largest absolute Gasteiger partial charge is 0.361 e. The van der Waals surface area contributed by atoms with Gasteiger partial charge in [0.25, 0.3) is 0 Å². The molecule has 0 radical (unpaired) electrons. The van der Waals surface area contributed by atoms with Gasteiger partial charge in [0.05, 0.1) is 12.2 Å². The first-order chi connectivity index (χ1) is 9.81. The van der Waals surface area contributed by atoms with E-state index in [4.69, 9.17) is 4.52 Å². The number of hydrogen-bond acceptors (Lipinski definition) is 6. The van der Waals surface area contributed by atoms with Crippen LogP contribution in [0.5, 0.6) is 0 Å². The van der Waals surface area contributed by atoms with E-state index in [1.165, 1.54) is 5.56 Å². The number of nitrogens with zero attached hydrogens (tertiary/aromatic N) is 5. The second-order valence-electron chi connectivity index (χ2n) is 4.32. The van der Waals surface area contributed by atoms with E-state index in [2.05, 4.69) is 32.8 Å². The topological polar surface area (TPSA) is 69.6 Å². The fourth-order valence-corrected chi connectivity index (χ4v) is 2.54. The molecular weight excluding hydrogens is 274 g/mol. The second-order valence-corrected chi connectivity index (χ2v) is 5.26. The van der Waals surface area contributed by atoms with Crippen molar-refractivity contribution >= 4 is 11.8 Å². The van der Waals surface area contributed by atoms with Crippen molar-refractivity contribution in [1.82, 2.24) is 25.4 Å². The first-order valence-corrected chi connectivity index (χ1v) is 7.15. The summed E-state index contributed by atoms with van der Waals surface area (Å²) in [5, 5.41) is 16.5. The fraction of sp³-hybridized carbons (Fsp3) is 0.231. The molecule has 2 aromatic heterocycles. The minimum atomic E-state index is 0.661. The highest BCUT2D eigenvalue weighted by atomic mass is 32.2. The van der Waals surface area contributed by atoms with Gasteiger partial charge in [-0.05, 0) is 22.9 Å². The maximum atomic E-state index is 5.04. The van der Waals surface area contributed by atoms with E-state index < -0.39 is 0 Å². The third-order valence-electron chi connectivity index (χ3n) is 2.70. The molecule has 0 bridgehead atoms. The first kappa shape index (κ1) is 12.9. The smallest absolute Gasteiger partial charge is 0.210 e. The van der Waals surface area contributed by atoms with E-state index >= 15 is 0 Å². The Labute approximate surface area is 120 Å². The summed E-state index contributed by atoms with van der Waals surface area (Å²) in [4.78, 5) is 0. The number of rotatable bonds is 5. The minimum Gasteiger partial charge on any atom is -0.361 e. The highest BCUT2D eigenvalue weighted by molar-refractivity contribution is 7.98. The van der Waals surface area contributed by atoms with Gasteiger partial charge in [0.15, 0.2) is 0 Å².